The molecule has 0 bridgehead atoms. The predicted molar refractivity (Wildman–Crippen MR) is 20.5 cm³/mol. The van der Waals surface area contributed by atoms with Crippen LogP contribution < -0.4 is 0 Å². The second-order valence-electron chi connectivity index (χ2n) is 0.448. The summed E-state index contributed by atoms with van der Waals surface area (Å²) in [6.45, 7) is 0. The van der Waals surface area contributed by atoms with Crippen LogP contribution in [0.25, 0.3) is 0 Å². The van der Waals surface area contributed by atoms with Gasteiger partial charge in [-0.15, -0.1) is 0 Å². The van der Waals surface area contributed by atoms with E-state index in [1.54, 1.807) is 0 Å². The Bertz CT molecular complexity index is 92.0. The van der Waals surface area contributed by atoms with Crippen molar-refractivity contribution in [1.82, 2.24) is 0 Å². The summed E-state index contributed by atoms with van der Waals surface area (Å²) >= 11 is 2.65. The molecule has 0 spiro atoms. The summed E-state index contributed by atoms with van der Waals surface area (Å²) in [6.07, 6.45) is 0. The molecule has 0 saturated heterocycles. The van der Waals surface area contributed by atoms with Crippen LogP contribution in [0.4, 0.5) is 0 Å². The number of rotatable bonds is 0. The van der Waals surface area contributed by atoms with E-state index < -0.39 is 9.15 Å². The third-order valence-corrected chi connectivity index (χ3v) is 0. The molecular weight excluding hydrogens is 298 g/mol. The van der Waals surface area contributed by atoms with Gasteiger partial charge in [0.25, 0.3) is 0 Å². The monoisotopic (exact) mass is 301 g/mol. The first kappa shape index (κ1) is 10.0. The SMILES string of the molecule is O=S(=O)(O)S.[Re]. The quantitative estimate of drug-likeness (QED) is 0.367. The van der Waals surface area contributed by atoms with Gasteiger partial charge < -0.3 is 0 Å². The minimum absolute atomic E-state index is 0. The van der Waals surface area contributed by atoms with E-state index in [1.165, 1.54) is 0 Å². The summed E-state index contributed by atoms with van der Waals surface area (Å²) in [5, 5.41) is 0. The third-order valence-electron chi connectivity index (χ3n) is 0. The van der Waals surface area contributed by atoms with E-state index in [1.807, 2.05) is 0 Å². The Labute approximate surface area is 54.3 Å². The Morgan fingerprint density at radius 2 is 1.50 bits per heavy atom. The first-order valence-corrected chi connectivity index (χ1v) is 3.19. The van der Waals surface area contributed by atoms with Gasteiger partial charge in [0.1, 0.15) is 0 Å². The van der Waals surface area contributed by atoms with Gasteiger partial charge >= 0.3 is 9.15 Å². The molecule has 0 unspecified atom stereocenters. The van der Waals surface area contributed by atoms with Crippen LogP contribution in [0.2, 0.25) is 0 Å². The molecule has 0 heterocycles. The van der Waals surface area contributed by atoms with Crippen LogP contribution in [0.5, 0.6) is 0 Å². The maximum atomic E-state index is 9.05. The molecule has 1 N–H and O–H groups in total. The van der Waals surface area contributed by atoms with Crippen LogP contribution in [0, 0.1) is 0 Å². The summed E-state index contributed by atoms with van der Waals surface area (Å²) < 4.78 is 25.5. The molecule has 0 amide bonds. The van der Waals surface area contributed by atoms with Gasteiger partial charge in [-0.05, 0) is 11.7 Å². The molecule has 0 aliphatic rings. The van der Waals surface area contributed by atoms with Gasteiger partial charge in [0.05, 0.1) is 0 Å². The van der Waals surface area contributed by atoms with Gasteiger partial charge in [-0.25, -0.2) is 0 Å². The van der Waals surface area contributed by atoms with Crippen LogP contribution >= 0.6 is 11.7 Å². The molecule has 0 aromatic heterocycles. The molecule has 39 valence electrons. The fourth-order valence-corrected chi connectivity index (χ4v) is 0. The van der Waals surface area contributed by atoms with Gasteiger partial charge in [0, 0.05) is 20.4 Å². The Balaban J connectivity index is 0. The predicted octanol–water partition coefficient (Wildman–Crippen LogP) is -0.283. The van der Waals surface area contributed by atoms with E-state index in [0.717, 1.165) is 0 Å². The normalized spacial score (nSPS) is 9.67. The van der Waals surface area contributed by atoms with E-state index in [-0.39, 0.29) is 20.4 Å². The van der Waals surface area contributed by atoms with Crippen molar-refractivity contribution in [3.63, 3.8) is 0 Å². The fourth-order valence-electron chi connectivity index (χ4n) is 0. The second-order valence-corrected chi connectivity index (χ2v) is 2.73. The third kappa shape index (κ3) is 89.0. The standard InChI is InChI=1S/H2O3S2.Re/c1-5(2,3)4;/h(H2,1,2,3,4);. The molecule has 0 aliphatic heterocycles. The molecule has 0 saturated carbocycles. The average Bonchev–Trinajstić information content (AvgIpc) is 0.722. The largest absolute Gasteiger partial charge is 0.316 e. The van der Waals surface area contributed by atoms with Gasteiger partial charge in [-0.3, -0.25) is 4.55 Å². The summed E-state index contributed by atoms with van der Waals surface area (Å²) in [7, 11) is -3.97. The van der Waals surface area contributed by atoms with E-state index in [4.69, 9.17) is 13.0 Å². The van der Waals surface area contributed by atoms with Crippen LogP contribution in [0.15, 0.2) is 0 Å². The molecule has 6 heavy (non-hydrogen) atoms. The van der Waals surface area contributed by atoms with Crippen LogP contribution in [0.3, 0.4) is 0 Å². The Hall–Kier alpha value is 0.922. The minimum atomic E-state index is -3.97. The molecule has 1 radical (unpaired) electrons. The molecule has 6 heteroatoms. The van der Waals surface area contributed by atoms with Crippen molar-refractivity contribution in [2.75, 3.05) is 0 Å². The molecule has 0 aromatic rings. The average molecular weight is 300 g/mol. The summed E-state index contributed by atoms with van der Waals surface area (Å²) in [5.41, 5.74) is 0. The number of hydrogen-bond donors (Lipinski definition) is 2. The van der Waals surface area contributed by atoms with Crippen molar-refractivity contribution in [2.45, 2.75) is 0 Å². The molecule has 3 nitrogen and oxygen atoms in total. The number of thiol groups is 1. The van der Waals surface area contributed by atoms with Gasteiger partial charge in [-0.1, -0.05) is 0 Å². The molecule has 0 fully saturated rings. The van der Waals surface area contributed by atoms with Gasteiger partial charge in [0.2, 0.25) is 0 Å². The smallest absolute Gasteiger partial charge is 0.277 e. The van der Waals surface area contributed by atoms with Gasteiger partial charge in [-0.2, -0.15) is 8.42 Å². The summed E-state index contributed by atoms with van der Waals surface area (Å²) in [6, 6.07) is 0. The van der Waals surface area contributed by atoms with E-state index in [0.29, 0.717) is 0 Å². The van der Waals surface area contributed by atoms with Crippen LogP contribution in [-0.4, -0.2) is 13.0 Å². The van der Waals surface area contributed by atoms with Gasteiger partial charge in [0.15, 0.2) is 0 Å². The summed E-state index contributed by atoms with van der Waals surface area (Å²) in [4.78, 5) is 0. The second kappa shape index (κ2) is 2.99. The minimum Gasteiger partial charge on any atom is -0.277 e. The fraction of sp³-hybridized carbons (Fsp3) is 0. The van der Waals surface area contributed by atoms with Crippen molar-refractivity contribution in [1.29, 1.82) is 0 Å². The first-order chi connectivity index (χ1) is 2.00. The molecule has 0 aromatic carbocycles. The summed E-state index contributed by atoms with van der Waals surface area (Å²) in [5.74, 6) is 0. The van der Waals surface area contributed by atoms with Crippen molar-refractivity contribution in [3.05, 3.63) is 0 Å². The molecule has 0 aliphatic carbocycles. The zero-order chi connectivity index (χ0) is 4.50. The molecule has 0 rings (SSSR count). The van der Waals surface area contributed by atoms with Crippen LogP contribution in [-0.2, 0) is 29.6 Å². The Morgan fingerprint density at radius 1 is 1.50 bits per heavy atom. The Morgan fingerprint density at radius 3 is 1.50 bits per heavy atom. The van der Waals surface area contributed by atoms with E-state index in [9.17, 15) is 0 Å². The first-order valence-electron chi connectivity index (χ1n) is 0.698. The zero-order valence-electron chi connectivity index (χ0n) is 2.50. The van der Waals surface area contributed by atoms with E-state index in [2.05, 4.69) is 11.7 Å². The Kier molecular flexibility index (Phi) is 5.00. The van der Waals surface area contributed by atoms with Crippen molar-refractivity contribution in [2.24, 2.45) is 0 Å². The van der Waals surface area contributed by atoms with Crippen molar-refractivity contribution in [3.8, 4) is 0 Å². The van der Waals surface area contributed by atoms with Crippen molar-refractivity contribution >= 4 is 20.8 Å². The van der Waals surface area contributed by atoms with Crippen molar-refractivity contribution < 1.29 is 33.4 Å². The van der Waals surface area contributed by atoms with Crippen LogP contribution in [0.1, 0.15) is 0 Å². The maximum absolute atomic E-state index is 9.05. The maximum Gasteiger partial charge on any atom is 0.316 e. The number of hydrogen-bond acceptors (Lipinski definition) is 2. The zero-order valence-corrected chi connectivity index (χ0v) is 6.92. The molecular formula is H2O3ReS2. The topological polar surface area (TPSA) is 54.4 Å². The van der Waals surface area contributed by atoms with E-state index >= 15 is 0 Å². The molecule has 0 atom stereocenters.